The molecule has 0 aromatic carbocycles. The van der Waals surface area contributed by atoms with Gasteiger partial charge in [-0.25, -0.2) is 4.98 Å². The van der Waals surface area contributed by atoms with Crippen molar-refractivity contribution < 1.29 is 27.5 Å². The van der Waals surface area contributed by atoms with Crippen molar-refractivity contribution in [1.29, 1.82) is 0 Å². The number of nitrogens with one attached hydrogen (secondary N) is 1. The lowest BCUT2D eigenvalue weighted by Crippen LogP contribution is -2.35. The van der Waals surface area contributed by atoms with Crippen LogP contribution in [0, 0.1) is 0 Å². The Morgan fingerprint density at radius 3 is 2.75 bits per heavy atom. The van der Waals surface area contributed by atoms with Crippen LogP contribution >= 0.6 is 11.6 Å². The lowest BCUT2D eigenvalue weighted by atomic mass is 10.2. The zero-order chi connectivity index (χ0) is 23.0. The molecule has 1 saturated heterocycles. The molecule has 4 rings (SSSR count). The maximum Gasteiger partial charge on any atom is 0.433 e. The Hall–Kier alpha value is -2.59. The molecular weight excluding hydrogens is 449 g/mol. The molecule has 2 aliphatic rings. The molecular formula is C21H22ClF3N4O3. The van der Waals surface area contributed by atoms with Gasteiger partial charge in [0.15, 0.2) is 0 Å². The van der Waals surface area contributed by atoms with E-state index in [9.17, 15) is 22.8 Å². The summed E-state index contributed by atoms with van der Waals surface area (Å²) in [5.74, 6) is -0.587. The first-order valence-corrected chi connectivity index (χ1v) is 10.7. The van der Waals surface area contributed by atoms with Gasteiger partial charge in [0.25, 0.3) is 11.8 Å². The summed E-state index contributed by atoms with van der Waals surface area (Å²) in [7, 11) is 0. The van der Waals surface area contributed by atoms with E-state index in [1.165, 1.54) is 6.07 Å². The van der Waals surface area contributed by atoms with Crippen molar-refractivity contribution in [3.63, 3.8) is 0 Å². The van der Waals surface area contributed by atoms with E-state index >= 15 is 0 Å². The van der Waals surface area contributed by atoms with Crippen LogP contribution in [0.1, 0.15) is 57.6 Å². The molecule has 2 aromatic heterocycles. The van der Waals surface area contributed by atoms with Gasteiger partial charge in [-0.1, -0.05) is 17.7 Å². The van der Waals surface area contributed by atoms with Gasteiger partial charge < -0.3 is 19.5 Å². The standard InChI is InChI=1S/C21H22ClF3N4O3/c1-12-3-2-6-28(12)20(31)15-9-14(16-11-32-8-7-29(15)16)19(30)26-10-13-4-5-17(21(23,24)25)27-18(13)22/h4-5,9,12H,2-3,6-8,10-11H2,1H3,(H,26,30). The number of hydrogen-bond acceptors (Lipinski definition) is 4. The first-order valence-electron chi connectivity index (χ1n) is 10.3. The number of fused-ring (bicyclic) bond motifs is 1. The van der Waals surface area contributed by atoms with E-state index in [1.54, 1.807) is 6.07 Å². The first kappa shape index (κ1) is 22.6. The number of ether oxygens (including phenoxy) is 1. The number of carbonyl (C=O) groups is 2. The lowest BCUT2D eigenvalue weighted by Gasteiger charge is -2.24. The van der Waals surface area contributed by atoms with Crippen molar-refractivity contribution in [2.24, 2.45) is 0 Å². The molecule has 0 aliphatic carbocycles. The number of pyridine rings is 1. The highest BCUT2D eigenvalue weighted by Gasteiger charge is 2.34. The molecule has 2 aliphatic heterocycles. The summed E-state index contributed by atoms with van der Waals surface area (Å²) in [4.78, 5) is 31.2. The number of rotatable bonds is 4. The Bertz CT molecular complexity index is 1050. The third-order valence-corrected chi connectivity index (χ3v) is 6.17. The van der Waals surface area contributed by atoms with Crippen LogP contribution in [0.4, 0.5) is 13.2 Å². The van der Waals surface area contributed by atoms with Crippen molar-refractivity contribution >= 4 is 23.4 Å². The van der Waals surface area contributed by atoms with E-state index in [0.29, 0.717) is 36.6 Å². The van der Waals surface area contributed by atoms with Crippen LogP contribution in [0.2, 0.25) is 5.15 Å². The van der Waals surface area contributed by atoms with E-state index in [4.69, 9.17) is 16.3 Å². The van der Waals surface area contributed by atoms with Crippen LogP contribution < -0.4 is 5.32 Å². The summed E-state index contributed by atoms with van der Waals surface area (Å²) in [5.41, 5.74) is 0.489. The fourth-order valence-corrected chi connectivity index (χ4v) is 4.32. The quantitative estimate of drug-likeness (QED) is 0.692. The predicted molar refractivity (Wildman–Crippen MR) is 109 cm³/mol. The zero-order valence-corrected chi connectivity index (χ0v) is 18.1. The minimum absolute atomic E-state index is 0.110. The molecule has 0 spiro atoms. The Morgan fingerprint density at radius 1 is 1.31 bits per heavy atom. The SMILES string of the molecule is CC1CCCN1C(=O)c1cc(C(=O)NCc2ccc(C(F)(F)F)nc2Cl)c2n1CCOC2. The second kappa shape index (κ2) is 8.74. The fraction of sp³-hybridized carbons (Fsp3) is 0.476. The number of halogens is 4. The van der Waals surface area contributed by atoms with Gasteiger partial charge in [0.2, 0.25) is 0 Å². The minimum atomic E-state index is -4.60. The van der Waals surface area contributed by atoms with Crippen LogP contribution in [0.15, 0.2) is 18.2 Å². The third-order valence-electron chi connectivity index (χ3n) is 5.84. The highest BCUT2D eigenvalue weighted by molar-refractivity contribution is 6.30. The number of likely N-dealkylation sites (tertiary alicyclic amines) is 1. The van der Waals surface area contributed by atoms with Gasteiger partial charge in [0.1, 0.15) is 16.5 Å². The van der Waals surface area contributed by atoms with E-state index in [1.807, 2.05) is 16.4 Å². The third kappa shape index (κ3) is 4.33. The molecule has 7 nitrogen and oxygen atoms in total. The Balaban J connectivity index is 1.54. The summed E-state index contributed by atoms with van der Waals surface area (Å²) in [6.45, 7) is 3.66. The van der Waals surface area contributed by atoms with Crippen molar-refractivity contribution in [1.82, 2.24) is 19.8 Å². The van der Waals surface area contributed by atoms with Gasteiger partial charge in [0.05, 0.1) is 24.5 Å². The zero-order valence-electron chi connectivity index (χ0n) is 17.3. The van der Waals surface area contributed by atoms with E-state index in [-0.39, 0.29) is 35.8 Å². The highest BCUT2D eigenvalue weighted by atomic mass is 35.5. The normalized spacial score (nSPS) is 18.5. The van der Waals surface area contributed by atoms with Crippen LogP contribution in [0.5, 0.6) is 0 Å². The van der Waals surface area contributed by atoms with Crippen LogP contribution in [0.3, 0.4) is 0 Å². The molecule has 32 heavy (non-hydrogen) atoms. The van der Waals surface area contributed by atoms with E-state index < -0.39 is 17.8 Å². The molecule has 1 unspecified atom stereocenters. The second-order valence-corrected chi connectivity index (χ2v) is 8.27. The molecule has 4 heterocycles. The van der Waals surface area contributed by atoms with Crippen molar-refractivity contribution in [2.75, 3.05) is 13.2 Å². The number of hydrogen-bond donors (Lipinski definition) is 1. The minimum Gasteiger partial charge on any atom is -0.373 e. The molecule has 0 radical (unpaired) electrons. The van der Waals surface area contributed by atoms with Crippen molar-refractivity contribution in [3.05, 3.63) is 51.6 Å². The summed E-state index contributed by atoms with van der Waals surface area (Å²) in [6, 6.07) is 3.70. The average molecular weight is 471 g/mol. The van der Waals surface area contributed by atoms with E-state index in [2.05, 4.69) is 10.3 Å². The Labute approximate surface area is 187 Å². The molecule has 1 N–H and O–H groups in total. The van der Waals surface area contributed by atoms with Crippen LogP contribution in [-0.2, 0) is 30.6 Å². The summed E-state index contributed by atoms with van der Waals surface area (Å²) in [5, 5.41) is 2.32. The van der Waals surface area contributed by atoms with Gasteiger partial charge in [-0.15, -0.1) is 0 Å². The smallest absolute Gasteiger partial charge is 0.373 e. The van der Waals surface area contributed by atoms with Crippen molar-refractivity contribution in [3.8, 4) is 0 Å². The second-order valence-electron chi connectivity index (χ2n) is 7.91. The topological polar surface area (TPSA) is 76.5 Å². The summed E-state index contributed by atoms with van der Waals surface area (Å²) >= 11 is 5.88. The predicted octanol–water partition coefficient (Wildman–Crippen LogP) is 3.64. The van der Waals surface area contributed by atoms with Crippen molar-refractivity contribution in [2.45, 2.75) is 51.7 Å². The fourth-order valence-electron chi connectivity index (χ4n) is 4.10. The Morgan fingerprint density at radius 2 is 2.09 bits per heavy atom. The van der Waals surface area contributed by atoms with Gasteiger partial charge in [-0.05, 0) is 31.9 Å². The number of alkyl halides is 3. The van der Waals surface area contributed by atoms with Gasteiger partial charge in [-0.3, -0.25) is 9.59 Å². The van der Waals surface area contributed by atoms with Gasteiger partial charge in [0, 0.05) is 31.2 Å². The maximum absolute atomic E-state index is 13.1. The molecule has 0 bridgehead atoms. The molecule has 1 atom stereocenters. The molecule has 172 valence electrons. The molecule has 2 amide bonds. The molecule has 11 heteroatoms. The number of amides is 2. The maximum atomic E-state index is 13.1. The van der Waals surface area contributed by atoms with Gasteiger partial charge >= 0.3 is 6.18 Å². The lowest BCUT2D eigenvalue weighted by molar-refractivity contribution is -0.141. The summed E-state index contributed by atoms with van der Waals surface area (Å²) < 4.78 is 45.6. The Kier molecular flexibility index (Phi) is 6.17. The molecule has 2 aromatic rings. The molecule has 0 saturated carbocycles. The number of aromatic nitrogens is 2. The largest absolute Gasteiger partial charge is 0.433 e. The van der Waals surface area contributed by atoms with Crippen LogP contribution in [-0.4, -0.2) is 45.5 Å². The number of nitrogens with zero attached hydrogens (tertiary/aromatic N) is 3. The monoisotopic (exact) mass is 470 g/mol. The van der Waals surface area contributed by atoms with Gasteiger partial charge in [-0.2, -0.15) is 13.2 Å². The highest BCUT2D eigenvalue weighted by Crippen LogP contribution is 2.30. The summed E-state index contributed by atoms with van der Waals surface area (Å²) in [6.07, 6.45) is -2.72. The average Bonchev–Trinajstić information content (AvgIpc) is 3.35. The number of carbonyl (C=O) groups excluding carboxylic acids is 2. The first-order chi connectivity index (χ1) is 15.2. The van der Waals surface area contributed by atoms with Crippen LogP contribution in [0.25, 0.3) is 0 Å². The molecule has 1 fully saturated rings. The van der Waals surface area contributed by atoms with E-state index in [0.717, 1.165) is 18.9 Å².